The van der Waals surface area contributed by atoms with Gasteiger partial charge < -0.3 is 5.11 Å². The minimum Gasteiger partial charge on any atom is -0.480 e. The molecule has 0 fully saturated rings. The molecular weight excluding hydrogens is 314 g/mol. The molecule has 9 heteroatoms. The molecule has 1 heterocycles. The molecule has 1 aromatic heterocycles. The summed E-state index contributed by atoms with van der Waals surface area (Å²) in [5, 5.41) is 12.8. The Balaban J connectivity index is 3.03. The Labute approximate surface area is 129 Å². The molecule has 0 aliphatic heterocycles. The third kappa shape index (κ3) is 4.72. The van der Waals surface area contributed by atoms with Crippen molar-refractivity contribution in [1.82, 2.24) is 14.5 Å². The van der Waals surface area contributed by atoms with Gasteiger partial charge in [0.25, 0.3) is 0 Å². The quantitative estimate of drug-likeness (QED) is 0.735. The van der Waals surface area contributed by atoms with Gasteiger partial charge in [0.05, 0.1) is 11.4 Å². The summed E-state index contributed by atoms with van der Waals surface area (Å²) < 4.78 is 28.7. The molecule has 0 amide bonds. The summed E-state index contributed by atoms with van der Waals surface area (Å²) in [4.78, 5) is 10.8. The van der Waals surface area contributed by atoms with E-state index in [9.17, 15) is 13.2 Å². The summed E-state index contributed by atoms with van der Waals surface area (Å²) in [7, 11) is -3.70. The maximum atomic E-state index is 12.4. The van der Waals surface area contributed by atoms with Gasteiger partial charge in [-0.2, -0.15) is 16.9 Å². The molecule has 0 spiro atoms. The maximum Gasteiger partial charge on any atom is 0.325 e. The lowest BCUT2D eigenvalue weighted by Crippen LogP contribution is -2.33. The number of rotatable bonds is 8. The summed E-state index contributed by atoms with van der Waals surface area (Å²) in [6.07, 6.45) is 2.69. The smallest absolute Gasteiger partial charge is 0.325 e. The lowest BCUT2D eigenvalue weighted by Gasteiger charge is -2.14. The van der Waals surface area contributed by atoms with Crippen LogP contribution < -0.4 is 4.72 Å². The van der Waals surface area contributed by atoms with Gasteiger partial charge in [-0.05, 0) is 39.2 Å². The van der Waals surface area contributed by atoms with Crippen LogP contribution in [0.1, 0.15) is 24.7 Å². The molecule has 1 aromatic rings. The van der Waals surface area contributed by atoms with Gasteiger partial charge >= 0.3 is 5.97 Å². The number of aryl methyl sites for hydroxylation is 1. The van der Waals surface area contributed by atoms with E-state index in [1.807, 2.05) is 6.26 Å². The van der Waals surface area contributed by atoms with E-state index in [4.69, 9.17) is 5.11 Å². The van der Waals surface area contributed by atoms with E-state index < -0.39 is 16.0 Å². The highest BCUT2D eigenvalue weighted by Gasteiger charge is 2.26. The molecule has 7 nitrogen and oxygen atoms in total. The molecule has 1 atom stereocenters. The zero-order valence-electron chi connectivity index (χ0n) is 12.6. The van der Waals surface area contributed by atoms with Crippen molar-refractivity contribution in [3.05, 3.63) is 11.4 Å². The van der Waals surface area contributed by atoms with Gasteiger partial charge in [-0.25, -0.2) is 13.1 Å². The number of aromatic nitrogens is 2. The van der Waals surface area contributed by atoms with Gasteiger partial charge in [0.1, 0.15) is 11.4 Å². The Morgan fingerprint density at radius 2 is 2.10 bits per heavy atom. The molecule has 0 saturated carbocycles. The number of hydrogen-bond acceptors (Lipinski definition) is 5. The number of carboxylic acid groups (broad SMARTS) is 1. The SMILES string of the molecule is CSCCC(C)NS(=O)(=O)c1c(C)nn(CC(=O)O)c1C. The van der Waals surface area contributed by atoms with Crippen molar-refractivity contribution in [1.29, 1.82) is 0 Å². The second kappa shape index (κ2) is 7.28. The summed E-state index contributed by atoms with van der Waals surface area (Å²) in [6, 6.07) is -0.191. The lowest BCUT2D eigenvalue weighted by molar-refractivity contribution is -0.137. The van der Waals surface area contributed by atoms with Crippen LogP contribution in [0.15, 0.2) is 4.90 Å². The topological polar surface area (TPSA) is 101 Å². The zero-order valence-corrected chi connectivity index (χ0v) is 14.2. The first-order valence-electron chi connectivity index (χ1n) is 6.46. The highest BCUT2D eigenvalue weighted by Crippen LogP contribution is 2.20. The Morgan fingerprint density at radius 1 is 1.48 bits per heavy atom. The molecule has 1 rings (SSSR count). The minimum atomic E-state index is -3.70. The van der Waals surface area contributed by atoms with Crippen LogP contribution in [-0.4, -0.2) is 47.3 Å². The van der Waals surface area contributed by atoms with Crippen LogP contribution in [0.25, 0.3) is 0 Å². The number of aliphatic carboxylic acids is 1. The van der Waals surface area contributed by atoms with E-state index >= 15 is 0 Å². The monoisotopic (exact) mass is 335 g/mol. The Kier molecular flexibility index (Phi) is 6.24. The Bertz CT molecular complexity index is 610. The maximum absolute atomic E-state index is 12.4. The minimum absolute atomic E-state index is 0.0692. The lowest BCUT2D eigenvalue weighted by atomic mass is 10.3. The van der Waals surface area contributed by atoms with E-state index in [-0.39, 0.29) is 17.5 Å². The standard InChI is InChI=1S/C12H21N3O4S2/c1-8(5-6-20-4)14-21(18,19)12-9(2)13-15(10(12)3)7-11(16)17/h8,14H,5-7H2,1-4H3,(H,16,17). The van der Waals surface area contributed by atoms with E-state index in [1.165, 1.54) is 4.68 Å². The highest BCUT2D eigenvalue weighted by molar-refractivity contribution is 7.98. The highest BCUT2D eigenvalue weighted by atomic mass is 32.2. The van der Waals surface area contributed by atoms with Crippen molar-refractivity contribution < 1.29 is 18.3 Å². The third-order valence-electron chi connectivity index (χ3n) is 2.98. The van der Waals surface area contributed by atoms with E-state index in [0.29, 0.717) is 11.4 Å². The Hall–Kier alpha value is -1.06. The number of hydrogen-bond donors (Lipinski definition) is 2. The van der Waals surface area contributed by atoms with Crippen LogP contribution in [-0.2, 0) is 21.4 Å². The number of carbonyl (C=O) groups is 1. The van der Waals surface area contributed by atoms with Crippen LogP contribution in [0.3, 0.4) is 0 Å². The van der Waals surface area contributed by atoms with Crippen LogP contribution >= 0.6 is 11.8 Å². The predicted octanol–water partition coefficient (Wildman–Crippen LogP) is 1.00. The molecule has 0 aromatic carbocycles. The van der Waals surface area contributed by atoms with E-state index in [0.717, 1.165) is 12.2 Å². The number of carboxylic acids is 1. The van der Waals surface area contributed by atoms with Crippen LogP contribution in [0.2, 0.25) is 0 Å². The van der Waals surface area contributed by atoms with Gasteiger partial charge in [-0.3, -0.25) is 9.48 Å². The second-order valence-electron chi connectivity index (χ2n) is 4.86. The molecule has 0 radical (unpaired) electrons. The van der Waals surface area contributed by atoms with Crippen molar-refractivity contribution in [2.24, 2.45) is 0 Å². The van der Waals surface area contributed by atoms with E-state index in [1.54, 1.807) is 32.5 Å². The average molecular weight is 335 g/mol. The predicted molar refractivity (Wildman–Crippen MR) is 82.1 cm³/mol. The number of sulfonamides is 1. The van der Waals surface area contributed by atoms with Crippen LogP contribution in [0.4, 0.5) is 0 Å². The molecule has 0 aliphatic rings. The molecule has 0 saturated heterocycles. The molecule has 21 heavy (non-hydrogen) atoms. The molecule has 120 valence electrons. The van der Waals surface area contributed by atoms with Crippen LogP contribution in [0.5, 0.6) is 0 Å². The fourth-order valence-corrected chi connectivity index (χ4v) is 4.31. The second-order valence-corrected chi connectivity index (χ2v) is 7.49. The van der Waals surface area contributed by atoms with Gasteiger partial charge in [-0.1, -0.05) is 0 Å². The first kappa shape index (κ1) is 18.0. The first-order chi connectivity index (χ1) is 9.69. The van der Waals surface area contributed by atoms with Crippen molar-refractivity contribution in [3.8, 4) is 0 Å². The third-order valence-corrected chi connectivity index (χ3v) is 5.47. The molecule has 0 bridgehead atoms. The zero-order chi connectivity index (χ0) is 16.2. The fraction of sp³-hybridized carbons (Fsp3) is 0.667. The molecular formula is C12H21N3O4S2. The Morgan fingerprint density at radius 3 is 2.62 bits per heavy atom. The fourth-order valence-electron chi connectivity index (χ4n) is 2.03. The largest absolute Gasteiger partial charge is 0.480 e. The van der Waals surface area contributed by atoms with Gasteiger partial charge in [0.2, 0.25) is 10.0 Å². The van der Waals surface area contributed by atoms with Gasteiger partial charge in [0, 0.05) is 6.04 Å². The average Bonchev–Trinajstić information content (AvgIpc) is 2.60. The molecule has 0 aliphatic carbocycles. The van der Waals surface area contributed by atoms with Gasteiger partial charge in [-0.15, -0.1) is 0 Å². The first-order valence-corrected chi connectivity index (χ1v) is 9.33. The van der Waals surface area contributed by atoms with E-state index in [2.05, 4.69) is 9.82 Å². The molecule has 2 N–H and O–H groups in total. The summed E-state index contributed by atoms with van der Waals surface area (Å²) in [5.74, 6) is -0.203. The number of nitrogens with zero attached hydrogens (tertiary/aromatic N) is 2. The number of thioether (sulfide) groups is 1. The van der Waals surface area contributed by atoms with Crippen molar-refractivity contribution in [2.45, 2.75) is 44.7 Å². The summed E-state index contributed by atoms with van der Waals surface area (Å²) in [6.45, 7) is 4.57. The normalized spacial score (nSPS) is 13.3. The van der Waals surface area contributed by atoms with Crippen molar-refractivity contribution >= 4 is 27.8 Å². The summed E-state index contributed by atoms with van der Waals surface area (Å²) in [5.41, 5.74) is 0.637. The van der Waals surface area contributed by atoms with Crippen molar-refractivity contribution in [2.75, 3.05) is 12.0 Å². The number of nitrogens with one attached hydrogen (secondary N) is 1. The van der Waals surface area contributed by atoms with Crippen LogP contribution in [0, 0.1) is 13.8 Å². The van der Waals surface area contributed by atoms with Crippen molar-refractivity contribution in [3.63, 3.8) is 0 Å². The molecule has 1 unspecified atom stereocenters. The summed E-state index contributed by atoms with van der Waals surface area (Å²) >= 11 is 1.65. The van der Waals surface area contributed by atoms with Gasteiger partial charge in [0.15, 0.2) is 0 Å².